The lowest BCUT2D eigenvalue weighted by Crippen LogP contribution is -2.30. The summed E-state index contributed by atoms with van der Waals surface area (Å²) >= 11 is 3.16. The van der Waals surface area contributed by atoms with Crippen LogP contribution in [0.15, 0.2) is 30.5 Å². The van der Waals surface area contributed by atoms with Crippen LogP contribution in [0.1, 0.15) is 75.7 Å². The van der Waals surface area contributed by atoms with Gasteiger partial charge in [0.2, 0.25) is 5.91 Å². The van der Waals surface area contributed by atoms with E-state index in [1.165, 1.54) is 5.56 Å². The van der Waals surface area contributed by atoms with Crippen LogP contribution in [-0.4, -0.2) is 58.4 Å². The van der Waals surface area contributed by atoms with Crippen LogP contribution in [0.2, 0.25) is 0 Å². The molecule has 1 aromatic carbocycles. The molecular weight excluding hydrogens is 548 g/mol. The summed E-state index contributed by atoms with van der Waals surface area (Å²) in [5.41, 5.74) is 8.43. The summed E-state index contributed by atoms with van der Waals surface area (Å²) in [6.45, 7) is 9.30. The highest BCUT2D eigenvalue weighted by molar-refractivity contribution is 9.09. The third-order valence-electron chi connectivity index (χ3n) is 6.41. The summed E-state index contributed by atoms with van der Waals surface area (Å²) in [5, 5.41) is 22.1. The lowest BCUT2D eigenvalue weighted by molar-refractivity contribution is -0.118. The number of carbonyl (C=O) groups excluding carboxylic acids is 2. The molecule has 3 amide bonds. The second-order valence-electron chi connectivity index (χ2n) is 10.0. The van der Waals surface area contributed by atoms with Crippen molar-refractivity contribution >= 4 is 33.6 Å². The van der Waals surface area contributed by atoms with E-state index < -0.39 is 6.03 Å². The van der Waals surface area contributed by atoms with E-state index in [4.69, 9.17) is 5.73 Å². The molecule has 2 rings (SSSR count). The zero-order valence-corrected chi connectivity index (χ0v) is 24.6. The molecule has 0 aliphatic rings. The number of aryl methyl sites for hydroxylation is 1. The first-order chi connectivity index (χ1) is 18.3. The number of unbranched alkanes of at least 4 members (excludes halogenated alkanes) is 3. The number of nitrogens with zero attached hydrogens (tertiary/aromatic N) is 3. The Labute approximate surface area is 235 Å². The van der Waals surface area contributed by atoms with Crippen LogP contribution in [0.25, 0.3) is 0 Å². The van der Waals surface area contributed by atoms with Crippen LogP contribution in [0.4, 0.5) is 10.5 Å². The van der Waals surface area contributed by atoms with E-state index in [1.54, 1.807) is 0 Å². The molecule has 0 aliphatic heterocycles. The number of hydrogen-bond acceptors (Lipinski definition) is 6. The predicted octanol–water partition coefficient (Wildman–Crippen LogP) is 4.05. The molecule has 0 radical (unpaired) electrons. The molecule has 0 aliphatic carbocycles. The normalized spacial score (nSPS) is 12.8. The number of halogens is 1. The van der Waals surface area contributed by atoms with Crippen molar-refractivity contribution in [2.24, 2.45) is 11.7 Å². The Morgan fingerprint density at radius 3 is 2.34 bits per heavy atom. The fraction of sp³-hybridized carbons (Fsp3) is 0.630. The van der Waals surface area contributed by atoms with Gasteiger partial charge in [0.25, 0.3) is 0 Å². The molecule has 2 atom stereocenters. The molecule has 0 saturated carbocycles. The van der Waals surface area contributed by atoms with Crippen molar-refractivity contribution in [3.05, 3.63) is 41.7 Å². The van der Waals surface area contributed by atoms with Crippen molar-refractivity contribution in [1.82, 2.24) is 30.9 Å². The monoisotopic (exact) mass is 592 g/mol. The molecule has 0 spiro atoms. The highest BCUT2D eigenvalue weighted by Crippen LogP contribution is 2.22. The molecule has 0 saturated heterocycles. The minimum absolute atomic E-state index is 0.0370. The second kappa shape index (κ2) is 17.8. The number of aromatic nitrogens is 3. The molecule has 0 fully saturated rings. The first-order valence-electron chi connectivity index (χ1n) is 13.6. The first-order valence-corrected chi connectivity index (χ1v) is 14.7. The zero-order chi connectivity index (χ0) is 27.8. The van der Waals surface area contributed by atoms with Crippen molar-refractivity contribution in [1.29, 1.82) is 0 Å². The lowest BCUT2D eigenvalue weighted by Gasteiger charge is -2.21. The van der Waals surface area contributed by atoms with Gasteiger partial charge in [0.05, 0.1) is 29.3 Å². The third kappa shape index (κ3) is 12.3. The molecule has 212 valence electrons. The van der Waals surface area contributed by atoms with Gasteiger partial charge in [-0.25, -0.2) is 9.48 Å². The number of nitrogens with one attached hydrogen (secondary N) is 4. The van der Waals surface area contributed by atoms with Crippen LogP contribution >= 0.6 is 15.9 Å². The van der Waals surface area contributed by atoms with E-state index in [9.17, 15) is 9.59 Å². The average molecular weight is 594 g/mol. The molecule has 1 heterocycles. The molecule has 6 N–H and O–H groups in total. The summed E-state index contributed by atoms with van der Waals surface area (Å²) in [6, 6.07) is 8.01. The van der Waals surface area contributed by atoms with Crippen LogP contribution in [0, 0.1) is 12.8 Å². The topological polar surface area (TPSA) is 139 Å². The van der Waals surface area contributed by atoms with E-state index in [0.29, 0.717) is 24.3 Å². The van der Waals surface area contributed by atoms with Gasteiger partial charge in [-0.05, 0) is 57.2 Å². The van der Waals surface area contributed by atoms with Crippen molar-refractivity contribution in [2.75, 3.05) is 36.8 Å². The summed E-state index contributed by atoms with van der Waals surface area (Å²) in [6.07, 6.45) is 7.91. The largest absolute Gasteiger partial charge is 0.383 e. The van der Waals surface area contributed by atoms with Crippen LogP contribution in [-0.2, 0) is 4.79 Å². The summed E-state index contributed by atoms with van der Waals surface area (Å²) in [4.78, 5) is 22.3. The molecular formula is C27H45BrN8O2. The Morgan fingerprint density at radius 1 is 1.00 bits per heavy atom. The number of benzene rings is 1. The first kappa shape index (κ1) is 31.6. The van der Waals surface area contributed by atoms with Crippen molar-refractivity contribution in [2.45, 2.75) is 71.4 Å². The number of alkyl halides is 1. The molecule has 10 nitrogen and oxygen atoms in total. The van der Waals surface area contributed by atoms with E-state index in [-0.39, 0.29) is 18.0 Å². The highest BCUT2D eigenvalue weighted by Gasteiger charge is 2.21. The van der Waals surface area contributed by atoms with E-state index in [2.05, 4.69) is 92.5 Å². The quantitative estimate of drug-likeness (QED) is 0.123. The maximum atomic E-state index is 11.3. The number of rotatable bonds is 19. The highest BCUT2D eigenvalue weighted by atomic mass is 79.9. The van der Waals surface area contributed by atoms with Gasteiger partial charge in [-0.3, -0.25) is 4.79 Å². The van der Waals surface area contributed by atoms with Gasteiger partial charge in [0.15, 0.2) is 0 Å². The third-order valence-corrected chi connectivity index (χ3v) is 6.91. The molecule has 2 aromatic rings. The van der Waals surface area contributed by atoms with E-state index in [0.717, 1.165) is 63.0 Å². The molecule has 1 aromatic heterocycles. The van der Waals surface area contributed by atoms with Crippen molar-refractivity contribution in [3.8, 4) is 0 Å². The maximum absolute atomic E-state index is 11.3. The van der Waals surface area contributed by atoms with Gasteiger partial charge in [-0.15, -0.1) is 5.10 Å². The summed E-state index contributed by atoms with van der Waals surface area (Å²) in [7, 11) is 0. The van der Waals surface area contributed by atoms with Gasteiger partial charge in [-0.1, -0.05) is 65.5 Å². The Balaban J connectivity index is 1.91. The van der Waals surface area contributed by atoms with Crippen LogP contribution < -0.4 is 27.0 Å². The Hall–Kier alpha value is -2.66. The lowest BCUT2D eigenvalue weighted by atomic mass is 10.0. The van der Waals surface area contributed by atoms with Gasteiger partial charge in [0.1, 0.15) is 0 Å². The minimum atomic E-state index is -0.505. The fourth-order valence-corrected chi connectivity index (χ4v) is 4.41. The number of carbonyl (C=O) groups is 2. The van der Waals surface area contributed by atoms with Crippen LogP contribution in [0.5, 0.6) is 0 Å². The SMILES string of the molecule is Cc1ccc(NC[C@H](CCCNC(N)=O)n2cc([C@@H](NCCCCCCNC(=O)CBr)C(C)C)nn2)cc1. The second-order valence-corrected chi connectivity index (χ2v) is 10.6. The number of nitrogens with two attached hydrogens (primary N) is 1. The Bertz CT molecular complexity index is 951. The Morgan fingerprint density at radius 2 is 1.68 bits per heavy atom. The van der Waals surface area contributed by atoms with E-state index in [1.807, 2.05) is 10.9 Å². The van der Waals surface area contributed by atoms with Gasteiger partial charge < -0.3 is 27.0 Å². The van der Waals surface area contributed by atoms with Crippen molar-refractivity contribution in [3.63, 3.8) is 0 Å². The fourth-order valence-electron chi connectivity index (χ4n) is 4.21. The maximum Gasteiger partial charge on any atom is 0.312 e. The summed E-state index contributed by atoms with van der Waals surface area (Å²) < 4.78 is 1.94. The van der Waals surface area contributed by atoms with E-state index >= 15 is 0 Å². The summed E-state index contributed by atoms with van der Waals surface area (Å²) in [5.74, 6) is 0.401. The predicted molar refractivity (Wildman–Crippen MR) is 156 cm³/mol. The number of anilines is 1. The molecule has 0 bridgehead atoms. The standard InChI is InChI=1S/C27H45BrN8O2/c1-20(2)26(31-15-7-5-4-6-14-30-25(37)17-28)24-19-36(35-34-24)23(9-8-16-32-27(29)38)18-33-22-12-10-21(3)11-13-22/h10-13,19-20,23,26,31,33H,4-9,14-18H2,1-3H3,(H,30,37)(H3,29,32,38)/t23-,26-/m0/s1. The molecule has 0 unspecified atom stereocenters. The molecule has 38 heavy (non-hydrogen) atoms. The molecule has 11 heteroatoms. The average Bonchev–Trinajstić information content (AvgIpc) is 3.37. The van der Waals surface area contributed by atoms with Gasteiger partial charge in [0, 0.05) is 25.3 Å². The smallest absolute Gasteiger partial charge is 0.312 e. The number of urea groups is 1. The Kier molecular flexibility index (Phi) is 14.8. The van der Waals surface area contributed by atoms with Crippen molar-refractivity contribution < 1.29 is 9.59 Å². The van der Waals surface area contributed by atoms with Gasteiger partial charge >= 0.3 is 6.03 Å². The minimum Gasteiger partial charge on any atom is -0.383 e. The number of primary amides is 1. The number of hydrogen-bond donors (Lipinski definition) is 5. The van der Waals surface area contributed by atoms with Crippen LogP contribution in [0.3, 0.4) is 0 Å². The van der Waals surface area contributed by atoms with Gasteiger partial charge in [-0.2, -0.15) is 0 Å². The zero-order valence-electron chi connectivity index (χ0n) is 23.0. The number of amides is 3.